The third-order valence-corrected chi connectivity index (χ3v) is 5.80. The number of amides is 1. The molecule has 0 unspecified atom stereocenters. The van der Waals surface area contributed by atoms with Crippen molar-refractivity contribution in [2.45, 2.75) is 13.8 Å². The summed E-state index contributed by atoms with van der Waals surface area (Å²) >= 11 is 0.989. The summed E-state index contributed by atoms with van der Waals surface area (Å²) in [7, 11) is -2.07. The number of hydrogen-bond acceptors (Lipinski definition) is 6. The van der Waals surface area contributed by atoms with Crippen LogP contribution in [0.5, 0.6) is 0 Å². The number of ketones is 1. The van der Waals surface area contributed by atoms with Gasteiger partial charge in [-0.25, -0.2) is 17.7 Å². The van der Waals surface area contributed by atoms with Crippen LogP contribution in [-0.2, 0) is 10.0 Å². The van der Waals surface area contributed by atoms with Gasteiger partial charge >= 0.3 is 0 Å². The lowest BCUT2D eigenvalue weighted by Crippen LogP contribution is -2.24. The molecular weight excluding hydrogens is 350 g/mol. The van der Waals surface area contributed by atoms with Crippen molar-refractivity contribution in [1.29, 1.82) is 0 Å². The Bertz CT molecular complexity index is 903. The van der Waals surface area contributed by atoms with E-state index in [0.717, 1.165) is 21.9 Å². The minimum atomic E-state index is -3.45. The van der Waals surface area contributed by atoms with Crippen LogP contribution in [0.25, 0.3) is 0 Å². The number of benzene rings is 1. The first-order valence-electron chi connectivity index (χ1n) is 6.93. The van der Waals surface area contributed by atoms with Crippen molar-refractivity contribution in [1.82, 2.24) is 4.98 Å². The molecule has 9 heteroatoms. The van der Waals surface area contributed by atoms with Crippen molar-refractivity contribution >= 4 is 43.9 Å². The van der Waals surface area contributed by atoms with Gasteiger partial charge in [0.1, 0.15) is 4.88 Å². The fourth-order valence-corrected chi connectivity index (χ4v) is 3.55. The van der Waals surface area contributed by atoms with E-state index in [9.17, 15) is 18.0 Å². The lowest BCUT2D eigenvalue weighted by Gasteiger charge is -2.11. The Kier molecular flexibility index (Phi) is 5.05. The highest BCUT2D eigenvalue weighted by molar-refractivity contribution is 7.92. The van der Waals surface area contributed by atoms with E-state index in [2.05, 4.69) is 10.3 Å². The largest absolute Gasteiger partial charge is 0.321 e. The van der Waals surface area contributed by atoms with Gasteiger partial charge in [-0.15, -0.1) is 0 Å². The Morgan fingerprint density at radius 3 is 2.54 bits per heavy atom. The van der Waals surface area contributed by atoms with Gasteiger partial charge in [0.15, 0.2) is 10.9 Å². The van der Waals surface area contributed by atoms with Crippen LogP contribution in [0.2, 0.25) is 0 Å². The molecule has 0 aliphatic heterocycles. The average molecular weight is 367 g/mol. The van der Waals surface area contributed by atoms with E-state index >= 15 is 0 Å². The molecule has 24 heavy (non-hydrogen) atoms. The van der Waals surface area contributed by atoms with Crippen molar-refractivity contribution in [2.75, 3.05) is 22.9 Å². The number of aryl methyl sites for hydroxylation is 1. The maximum atomic E-state index is 12.4. The first kappa shape index (κ1) is 18.1. The Hall–Kier alpha value is -2.26. The molecule has 7 nitrogen and oxygen atoms in total. The van der Waals surface area contributed by atoms with Gasteiger partial charge in [0, 0.05) is 18.3 Å². The molecule has 0 radical (unpaired) electrons. The number of hydrogen-bond donors (Lipinski definition) is 1. The van der Waals surface area contributed by atoms with Crippen LogP contribution in [0.4, 0.5) is 10.8 Å². The zero-order valence-corrected chi connectivity index (χ0v) is 15.3. The van der Waals surface area contributed by atoms with Gasteiger partial charge in [-0.05, 0) is 26.0 Å². The molecule has 0 saturated carbocycles. The topological polar surface area (TPSA) is 96.4 Å². The average Bonchev–Trinajstić information content (AvgIpc) is 2.87. The number of Topliss-reactive ketones (excluding diaryl/α,β-unsaturated/α-hetero) is 1. The van der Waals surface area contributed by atoms with Gasteiger partial charge in [-0.1, -0.05) is 23.5 Å². The van der Waals surface area contributed by atoms with Crippen molar-refractivity contribution in [2.24, 2.45) is 0 Å². The fourth-order valence-electron chi connectivity index (χ4n) is 1.87. The van der Waals surface area contributed by atoms with Gasteiger partial charge in [0.05, 0.1) is 11.9 Å². The van der Waals surface area contributed by atoms with Crippen molar-refractivity contribution < 1.29 is 18.0 Å². The van der Waals surface area contributed by atoms with Crippen LogP contribution in [0, 0.1) is 6.92 Å². The molecule has 1 aromatic carbocycles. The summed E-state index contributed by atoms with van der Waals surface area (Å²) in [6.45, 7) is 3.08. The summed E-state index contributed by atoms with van der Waals surface area (Å²) in [6.07, 6.45) is 1.07. The van der Waals surface area contributed by atoms with Crippen molar-refractivity contribution in [3.8, 4) is 0 Å². The van der Waals surface area contributed by atoms with E-state index in [-0.39, 0.29) is 10.9 Å². The molecular formula is C15H17N3O4S2. The molecule has 0 atom stereocenters. The summed E-state index contributed by atoms with van der Waals surface area (Å²) in [6, 6.07) is 6.59. The van der Waals surface area contributed by atoms with Crippen LogP contribution < -0.4 is 9.62 Å². The van der Waals surface area contributed by atoms with Crippen LogP contribution in [0.15, 0.2) is 24.3 Å². The van der Waals surface area contributed by atoms with Gasteiger partial charge < -0.3 is 5.32 Å². The highest BCUT2D eigenvalue weighted by Gasteiger charge is 2.21. The summed E-state index contributed by atoms with van der Waals surface area (Å²) in [4.78, 5) is 28.3. The van der Waals surface area contributed by atoms with Crippen LogP contribution in [0.1, 0.15) is 32.6 Å². The smallest absolute Gasteiger partial charge is 0.267 e. The van der Waals surface area contributed by atoms with E-state index in [1.165, 1.54) is 14.0 Å². The summed E-state index contributed by atoms with van der Waals surface area (Å²) < 4.78 is 24.2. The minimum absolute atomic E-state index is 0.0999. The fraction of sp³-hybridized carbons (Fsp3) is 0.267. The second kappa shape index (κ2) is 6.70. The van der Waals surface area contributed by atoms with E-state index in [0.29, 0.717) is 21.8 Å². The molecule has 2 rings (SSSR count). The van der Waals surface area contributed by atoms with Gasteiger partial charge in [0.2, 0.25) is 10.0 Å². The monoisotopic (exact) mass is 367 g/mol. The predicted molar refractivity (Wildman–Crippen MR) is 94.5 cm³/mol. The van der Waals surface area contributed by atoms with Crippen LogP contribution in [-0.4, -0.2) is 38.4 Å². The second-order valence-electron chi connectivity index (χ2n) is 5.23. The summed E-state index contributed by atoms with van der Waals surface area (Å²) in [5.41, 5.74) is 1.41. The van der Waals surface area contributed by atoms with Gasteiger partial charge in [-0.2, -0.15) is 0 Å². The molecule has 1 amide bonds. The minimum Gasteiger partial charge on any atom is -0.321 e. The summed E-state index contributed by atoms with van der Waals surface area (Å²) in [5, 5.41) is 2.92. The summed E-state index contributed by atoms with van der Waals surface area (Å²) in [5.74, 6) is -0.504. The van der Waals surface area contributed by atoms with Gasteiger partial charge in [-0.3, -0.25) is 9.59 Å². The molecule has 1 N–H and O–H groups in total. The lowest BCUT2D eigenvalue weighted by atomic mass is 10.1. The number of thiazole rings is 1. The molecule has 0 bridgehead atoms. The highest BCUT2D eigenvalue weighted by atomic mass is 32.2. The molecule has 1 aromatic heterocycles. The maximum absolute atomic E-state index is 12.4. The zero-order chi connectivity index (χ0) is 18.1. The lowest BCUT2D eigenvalue weighted by molar-refractivity contribution is 0.101. The Morgan fingerprint density at radius 2 is 1.96 bits per heavy atom. The molecule has 0 aliphatic carbocycles. The molecule has 0 spiro atoms. The van der Waals surface area contributed by atoms with E-state index in [4.69, 9.17) is 0 Å². The molecule has 0 saturated heterocycles. The number of carbonyl (C=O) groups is 2. The standard InChI is InChI=1S/C15H17N3O4S2/c1-9-13(23-15(16-9)18(3)24(4,21)22)14(20)17-12-7-5-6-11(8-12)10(2)19/h5-8H,1-4H3,(H,17,20). The normalized spacial score (nSPS) is 11.2. The third-order valence-electron chi connectivity index (χ3n) is 3.29. The third kappa shape index (κ3) is 3.98. The van der Waals surface area contributed by atoms with Crippen LogP contribution in [0.3, 0.4) is 0 Å². The van der Waals surface area contributed by atoms with E-state index in [1.54, 1.807) is 31.2 Å². The molecule has 2 aromatic rings. The van der Waals surface area contributed by atoms with Crippen molar-refractivity contribution in [3.63, 3.8) is 0 Å². The number of rotatable bonds is 5. The van der Waals surface area contributed by atoms with E-state index < -0.39 is 15.9 Å². The number of nitrogens with zero attached hydrogens (tertiary/aromatic N) is 2. The molecule has 0 fully saturated rings. The quantitative estimate of drug-likeness (QED) is 0.818. The number of carbonyl (C=O) groups excluding carboxylic acids is 2. The first-order chi connectivity index (χ1) is 11.1. The van der Waals surface area contributed by atoms with Gasteiger partial charge in [0.25, 0.3) is 5.91 Å². The Balaban J connectivity index is 2.26. The SMILES string of the molecule is CC(=O)c1cccc(NC(=O)c2sc(N(C)S(C)(=O)=O)nc2C)c1. The van der Waals surface area contributed by atoms with Crippen LogP contribution >= 0.6 is 11.3 Å². The number of nitrogens with one attached hydrogen (secondary N) is 1. The van der Waals surface area contributed by atoms with E-state index in [1.807, 2.05) is 0 Å². The number of sulfonamides is 1. The maximum Gasteiger partial charge on any atom is 0.267 e. The highest BCUT2D eigenvalue weighted by Crippen LogP contribution is 2.27. The zero-order valence-electron chi connectivity index (χ0n) is 13.7. The first-order valence-corrected chi connectivity index (χ1v) is 9.59. The Labute approximate surface area is 144 Å². The number of aromatic nitrogens is 1. The Morgan fingerprint density at radius 1 is 1.29 bits per heavy atom. The second-order valence-corrected chi connectivity index (χ2v) is 8.22. The molecule has 1 heterocycles. The predicted octanol–water partition coefficient (Wildman–Crippen LogP) is 2.30. The van der Waals surface area contributed by atoms with Crippen molar-refractivity contribution in [3.05, 3.63) is 40.4 Å². The number of anilines is 2. The molecule has 0 aliphatic rings. The molecule has 128 valence electrons.